The number of anilines is 1. The van der Waals surface area contributed by atoms with Gasteiger partial charge in [0, 0.05) is 24.4 Å². The summed E-state index contributed by atoms with van der Waals surface area (Å²) in [6.45, 7) is 5.02. The number of ether oxygens (including phenoxy) is 1. The van der Waals surface area contributed by atoms with E-state index in [2.05, 4.69) is 10.6 Å². The summed E-state index contributed by atoms with van der Waals surface area (Å²) in [7, 11) is 0. The molecule has 2 aromatic carbocycles. The highest BCUT2D eigenvalue weighted by Crippen LogP contribution is 2.16. The molecule has 0 aliphatic carbocycles. The smallest absolute Gasteiger partial charge is 0.319 e. The molecule has 0 aliphatic rings. The minimum Gasteiger partial charge on any atom is -0.377 e. The molecule has 4 nitrogen and oxygen atoms in total. The van der Waals surface area contributed by atoms with Crippen LogP contribution in [0.5, 0.6) is 0 Å². The number of carbonyl (C=O) groups is 1. The molecule has 0 radical (unpaired) electrons. The number of benzene rings is 2. The quantitative estimate of drug-likeness (QED) is 0.846. The molecule has 0 saturated heterocycles. The molecule has 0 saturated carbocycles. The third-order valence-corrected chi connectivity index (χ3v) is 3.40. The number of urea groups is 1. The van der Waals surface area contributed by atoms with Gasteiger partial charge >= 0.3 is 6.03 Å². The van der Waals surface area contributed by atoms with Crippen molar-refractivity contribution in [3.8, 4) is 0 Å². The molecule has 0 aromatic heterocycles. The lowest BCUT2D eigenvalue weighted by Gasteiger charge is -2.12. The van der Waals surface area contributed by atoms with Gasteiger partial charge in [-0.2, -0.15) is 0 Å². The van der Waals surface area contributed by atoms with Gasteiger partial charge in [-0.3, -0.25) is 0 Å². The van der Waals surface area contributed by atoms with Crippen molar-refractivity contribution in [2.45, 2.75) is 27.0 Å². The Labute approximate surface area is 135 Å². The summed E-state index contributed by atoms with van der Waals surface area (Å²) < 4.78 is 18.6. The highest BCUT2D eigenvalue weighted by molar-refractivity contribution is 5.90. The third kappa shape index (κ3) is 5.07. The SMILES string of the molecule is CCOCc1ccccc1NC(=O)NCc1ccc(F)c(C)c1. The van der Waals surface area contributed by atoms with Gasteiger partial charge in [-0.25, -0.2) is 9.18 Å². The van der Waals surface area contributed by atoms with Gasteiger partial charge in [0.1, 0.15) is 5.82 Å². The van der Waals surface area contributed by atoms with Crippen molar-refractivity contribution in [3.05, 3.63) is 65.0 Å². The average Bonchev–Trinajstić information content (AvgIpc) is 2.55. The number of halogens is 1. The van der Waals surface area contributed by atoms with E-state index < -0.39 is 0 Å². The third-order valence-electron chi connectivity index (χ3n) is 3.40. The number of nitrogens with one attached hydrogen (secondary N) is 2. The first-order valence-corrected chi connectivity index (χ1v) is 7.55. The fourth-order valence-corrected chi connectivity index (χ4v) is 2.15. The number of amides is 2. The first-order valence-electron chi connectivity index (χ1n) is 7.55. The number of hydrogen-bond donors (Lipinski definition) is 2. The van der Waals surface area contributed by atoms with Gasteiger partial charge in [0.05, 0.1) is 6.61 Å². The van der Waals surface area contributed by atoms with E-state index in [4.69, 9.17) is 4.74 Å². The highest BCUT2D eigenvalue weighted by atomic mass is 19.1. The van der Waals surface area contributed by atoms with Gasteiger partial charge in [0.2, 0.25) is 0 Å². The van der Waals surface area contributed by atoms with Crippen molar-refractivity contribution >= 4 is 11.7 Å². The van der Waals surface area contributed by atoms with Crippen molar-refractivity contribution in [3.63, 3.8) is 0 Å². The zero-order valence-electron chi connectivity index (χ0n) is 13.4. The predicted octanol–water partition coefficient (Wildman–Crippen LogP) is 3.99. The number of hydrogen-bond acceptors (Lipinski definition) is 2. The van der Waals surface area contributed by atoms with Gasteiger partial charge in [0.15, 0.2) is 0 Å². The Hall–Kier alpha value is -2.40. The fraction of sp³-hybridized carbons (Fsp3) is 0.278. The van der Waals surface area contributed by atoms with Gasteiger partial charge < -0.3 is 15.4 Å². The Kier molecular flexibility index (Phi) is 6.11. The lowest BCUT2D eigenvalue weighted by atomic mass is 10.1. The van der Waals surface area contributed by atoms with Crippen LogP contribution in [0.2, 0.25) is 0 Å². The number of carbonyl (C=O) groups excluding carboxylic acids is 1. The van der Waals surface area contributed by atoms with E-state index in [1.54, 1.807) is 19.1 Å². The molecule has 23 heavy (non-hydrogen) atoms. The fourth-order valence-electron chi connectivity index (χ4n) is 2.15. The summed E-state index contributed by atoms with van der Waals surface area (Å²) in [5.41, 5.74) is 3.05. The summed E-state index contributed by atoms with van der Waals surface area (Å²) in [4.78, 5) is 12.0. The monoisotopic (exact) mass is 316 g/mol. The van der Waals surface area contributed by atoms with E-state index in [-0.39, 0.29) is 11.8 Å². The summed E-state index contributed by atoms with van der Waals surface area (Å²) in [6.07, 6.45) is 0. The normalized spacial score (nSPS) is 10.4. The van der Waals surface area contributed by atoms with E-state index in [0.717, 1.165) is 11.1 Å². The largest absolute Gasteiger partial charge is 0.377 e. The Morgan fingerprint density at radius 1 is 1.22 bits per heavy atom. The van der Waals surface area contributed by atoms with Crippen LogP contribution < -0.4 is 10.6 Å². The summed E-state index contributed by atoms with van der Waals surface area (Å²) in [5, 5.41) is 5.58. The van der Waals surface area contributed by atoms with Crippen molar-refractivity contribution in [2.24, 2.45) is 0 Å². The molecule has 0 unspecified atom stereocenters. The van der Waals surface area contributed by atoms with Crippen LogP contribution in [0.4, 0.5) is 14.9 Å². The molecule has 0 aliphatic heterocycles. The van der Waals surface area contributed by atoms with Crippen LogP contribution in [0.25, 0.3) is 0 Å². The van der Waals surface area contributed by atoms with E-state index in [0.29, 0.717) is 31.0 Å². The summed E-state index contributed by atoms with van der Waals surface area (Å²) in [6, 6.07) is 12.0. The zero-order chi connectivity index (χ0) is 16.7. The number of rotatable bonds is 6. The molecule has 122 valence electrons. The molecule has 2 aromatic rings. The molecule has 0 heterocycles. The van der Waals surface area contributed by atoms with E-state index in [9.17, 15) is 9.18 Å². The van der Waals surface area contributed by atoms with E-state index in [1.807, 2.05) is 31.2 Å². The van der Waals surface area contributed by atoms with Crippen molar-refractivity contribution in [1.29, 1.82) is 0 Å². The van der Waals surface area contributed by atoms with Gasteiger partial charge in [0.25, 0.3) is 0 Å². The molecular weight excluding hydrogens is 295 g/mol. The highest BCUT2D eigenvalue weighted by Gasteiger charge is 2.07. The molecule has 2 rings (SSSR count). The second-order valence-corrected chi connectivity index (χ2v) is 5.19. The van der Waals surface area contributed by atoms with Crippen LogP contribution in [0, 0.1) is 12.7 Å². The Morgan fingerprint density at radius 3 is 2.74 bits per heavy atom. The second-order valence-electron chi connectivity index (χ2n) is 5.19. The number of para-hydroxylation sites is 1. The molecule has 2 N–H and O–H groups in total. The Bertz CT molecular complexity index is 674. The van der Waals surface area contributed by atoms with Crippen LogP contribution in [-0.4, -0.2) is 12.6 Å². The standard InChI is InChI=1S/C18H21FN2O2/c1-3-23-12-15-6-4-5-7-17(15)21-18(22)20-11-14-8-9-16(19)13(2)10-14/h4-10H,3,11-12H2,1-2H3,(H2,20,21,22). The van der Waals surface area contributed by atoms with E-state index in [1.165, 1.54) is 6.07 Å². The maximum Gasteiger partial charge on any atom is 0.319 e. The lowest BCUT2D eigenvalue weighted by Crippen LogP contribution is -2.28. The minimum atomic E-state index is -0.309. The van der Waals surface area contributed by atoms with Gasteiger partial charge in [-0.05, 0) is 37.1 Å². The maximum absolute atomic E-state index is 13.2. The molecule has 2 amide bonds. The van der Waals surface area contributed by atoms with Gasteiger partial charge in [-0.15, -0.1) is 0 Å². The topological polar surface area (TPSA) is 50.4 Å². The molecule has 0 fully saturated rings. The molecule has 0 atom stereocenters. The minimum absolute atomic E-state index is 0.247. The van der Waals surface area contributed by atoms with Crippen molar-refractivity contribution in [1.82, 2.24) is 5.32 Å². The van der Waals surface area contributed by atoms with Crippen LogP contribution in [0.1, 0.15) is 23.6 Å². The number of aryl methyl sites for hydroxylation is 1. The van der Waals surface area contributed by atoms with E-state index >= 15 is 0 Å². The van der Waals surface area contributed by atoms with Crippen LogP contribution in [-0.2, 0) is 17.9 Å². The van der Waals surface area contributed by atoms with Crippen molar-refractivity contribution < 1.29 is 13.9 Å². The zero-order valence-corrected chi connectivity index (χ0v) is 13.4. The van der Waals surface area contributed by atoms with Crippen LogP contribution in [0.3, 0.4) is 0 Å². The Morgan fingerprint density at radius 2 is 2.00 bits per heavy atom. The summed E-state index contributed by atoms with van der Waals surface area (Å²) in [5.74, 6) is -0.247. The molecule has 0 spiro atoms. The first-order chi connectivity index (χ1) is 11.1. The Balaban J connectivity index is 1.93. The predicted molar refractivity (Wildman–Crippen MR) is 88.8 cm³/mol. The molecular formula is C18H21FN2O2. The van der Waals surface area contributed by atoms with Crippen LogP contribution >= 0.6 is 0 Å². The molecule has 0 bridgehead atoms. The summed E-state index contributed by atoms with van der Waals surface area (Å²) >= 11 is 0. The average molecular weight is 316 g/mol. The van der Waals surface area contributed by atoms with Gasteiger partial charge in [-0.1, -0.05) is 30.3 Å². The first kappa shape index (κ1) is 17.0. The molecule has 5 heteroatoms. The van der Waals surface area contributed by atoms with Crippen molar-refractivity contribution in [2.75, 3.05) is 11.9 Å². The van der Waals surface area contributed by atoms with Crippen LogP contribution in [0.15, 0.2) is 42.5 Å². The lowest BCUT2D eigenvalue weighted by molar-refractivity contribution is 0.134. The second kappa shape index (κ2) is 8.29. The maximum atomic E-state index is 13.2.